The zero-order valence-electron chi connectivity index (χ0n) is 19.0. The van der Waals surface area contributed by atoms with E-state index < -0.39 is 0 Å². The van der Waals surface area contributed by atoms with Gasteiger partial charge in [0.05, 0.1) is 12.3 Å². The third-order valence-electron chi connectivity index (χ3n) is 5.24. The Morgan fingerprint density at radius 1 is 0.914 bits per heavy atom. The maximum absolute atomic E-state index is 5.98. The Hall–Kier alpha value is -4.31. The lowest BCUT2D eigenvalue weighted by Crippen LogP contribution is -2.08. The first-order valence-corrected chi connectivity index (χ1v) is 12.0. The van der Waals surface area contributed by atoms with Crippen LogP contribution in [0.3, 0.4) is 0 Å². The monoisotopic (exact) mass is 481 g/mol. The highest BCUT2D eigenvalue weighted by Crippen LogP contribution is 2.27. The van der Waals surface area contributed by atoms with E-state index in [-0.39, 0.29) is 5.95 Å². The molecule has 0 aliphatic rings. The van der Waals surface area contributed by atoms with E-state index in [1.807, 2.05) is 61.5 Å². The van der Waals surface area contributed by atoms with Crippen molar-refractivity contribution in [3.05, 3.63) is 96.1 Å². The second-order valence-corrected chi connectivity index (χ2v) is 8.72. The number of aryl methyl sites for hydroxylation is 1. The average Bonchev–Trinajstić information content (AvgIpc) is 3.27. The molecule has 0 aliphatic heterocycles. The van der Waals surface area contributed by atoms with Crippen LogP contribution in [0, 0.1) is 6.92 Å². The molecule has 10 heteroatoms. The third-order valence-corrected chi connectivity index (χ3v) is 6.20. The minimum absolute atomic E-state index is 0.161. The summed E-state index contributed by atoms with van der Waals surface area (Å²) in [5, 5.41) is 12.9. The minimum Gasteiger partial charge on any atom is -0.368 e. The van der Waals surface area contributed by atoms with E-state index in [2.05, 4.69) is 52.1 Å². The van der Waals surface area contributed by atoms with E-state index in [1.54, 1.807) is 12.4 Å². The van der Waals surface area contributed by atoms with Gasteiger partial charge in [-0.1, -0.05) is 60.3 Å². The van der Waals surface area contributed by atoms with Crippen molar-refractivity contribution in [2.24, 2.45) is 0 Å². The van der Waals surface area contributed by atoms with E-state index in [4.69, 9.17) is 5.73 Å². The van der Waals surface area contributed by atoms with Gasteiger partial charge in [-0.3, -0.25) is 9.55 Å². The van der Waals surface area contributed by atoms with Crippen molar-refractivity contribution in [1.82, 2.24) is 34.7 Å². The largest absolute Gasteiger partial charge is 0.368 e. The van der Waals surface area contributed by atoms with Crippen LogP contribution in [-0.2, 0) is 12.3 Å². The van der Waals surface area contributed by atoms with Gasteiger partial charge >= 0.3 is 0 Å². The van der Waals surface area contributed by atoms with Gasteiger partial charge in [-0.25, -0.2) is 0 Å². The summed E-state index contributed by atoms with van der Waals surface area (Å²) in [5.74, 6) is 2.32. The zero-order chi connectivity index (χ0) is 24.0. The molecular formula is C25H23N9S. The lowest BCUT2D eigenvalue weighted by molar-refractivity contribution is 0.714. The molecule has 9 nitrogen and oxygen atoms in total. The van der Waals surface area contributed by atoms with Crippen molar-refractivity contribution >= 4 is 29.3 Å². The minimum atomic E-state index is 0.161. The molecule has 0 unspecified atom stereocenters. The Bertz CT molecular complexity index is 1420. The van der Waals surface area contributed by atoms with Crippen molar-refractivity contribution in [2.75, 3.05) is 11.1 Å². The lowest BCUT2D eigenvalue weighted by atomic mass is 10.2. The number of nitrogen functional groups attached to an aromatic ring is 1. The van der Waals surface area contributed by atoms with Gasteiger partial charge in [-0.2, -0.15) is 15.0 Å². The molecule has 0 amide bonds. The van der Waals surface area contributed by atoms with Crippen molar-refractivity contribution < 1.29 is 0 Å². The number of para-hydroxylation sites is 1. The van der Waals surface area contributed by atoms with Crippen molar-refractivity contribution in [2.45, 2.75) is 24.4 Å². The molecule has 174 valence electrons. The fourth-order valence-corrected chi connectivity index (χ4v) is 4.33. The number of pyridine rings is 1. The van der Waals surface area contributed by atoms with Crippen LogP contribution in [0.5, 0.6) is 0 Å². The number of aromatic nitrogens is 7. The van der Waals surface area contributed by atoms with Gasteiger partial charge in [0.1, 0.15) is 5.82 Å². The molecule has 0 fully saturated rings. The summed E-state index contributed by atoms with van der Waals surface area (Å²) in [4.78, 5) is 17.4. The molecule has 0 atom stereocenters. The predicted molar refractivity (Wildman–Crippen MR) is 137 cm³/mol. The highest BCUT2D eigenvalue weighted by Gasteiger charge is 2.16. The fourth-order valence-electron chi connectivity index (χ4n) is 3.53. The molecule has 3 heterocycles. The number of nitrogens with one attached hydrogen (secondary N) is 1. The first kappa shape index (κ1) is 22.5. The number of thioether (sulfide) groups is 1. The van der Waals surface area contributed by atoms with Crippen LogP contribution in [0.25, 0.3) is 11.4 Å². The Morgan fingerprint density at radius 3 is 2.54 bits per heavy atom. The van der Waals surface area contributed by atoms with Crippen LogP contribution >= 0.6 is 11.8 Å². The topological polar surface area (TPSA) is 120 Å². The maximum atomic E-state index is 5.98. The van der Waals surface area contributed by atoms with E-state index in [9.17, 15) is 0 Å². The predicted octanol–water partition coefficient (Wildman–Crippen LogP) is 4.50. The Balaban J connectivity index is 1.40. The summed E-state index contributed by atoms with van der Waals surface area (Å²) < 4.78 is 2.08. The second-order valence-electron chi connectivity index (χ2n) is 7.78. The van der Waals surface area contributed by atoms with Gasteiger partial charge in [0.2, 0.25) is 11.9 Å². The number of benzene rings is 2. The van der Waals surface area contributed by atoms with Crippen LogP contribution in [0.2, 0.25) is 0 Å². The summed E-state index contributed by atoms with van der Waals surface area (Å²) >= 11 is 1.49. The molecule has 2 aromatic carbocycles. The highest BCUT2D eigenvalue weighted by molar-refractivity contribution is 7.98. The standard InChI is InChI=1S/C25H23N9S/c1-17-8-5-6-12-20(17)28-24-30-21(29-23(26)31-24)16-35-25-33-32-22(19-11-7-13-27-14-19)34(25)15-18-9-3-2-4-10-18/h2-14H,15-16H2,1H3,(H3,26,28,29,30,31). The van der Waals surface area contributed by atoms with Crippen LogP contribution in [0.15, 0.2) is 84.3 Å². The molecule has 0 saturated carbocycles. The molecular weight excluding hydrogens is 458 g/mol. The van der Waals surface area contributed by atoms with Crippen LogP contribution in [-0.4, -0.2) is 34.7 Å². The van der Waals surface area contributed by atoms with Gasteiger partial charge in [-0.05, 0) is 36.2 Å². The van der Waals surface area contributed by atoms with E-state index in [0.29, 0.717) is 24.1 Å². The quantitative estimate of drug-likeness (QED) is 0.309. The maximum Gasteiger partial charge on any atom is 0.232 e. The van der Waals surface area contributed by atoms with Crippen LogP contribution < -0.4 is 11.1 Å². The number of nitrogens with two attached hydrogens (primary N) is 1. The first-order chi connectivity index (χ1) is 17.2. The smallest absolute Gasteiger partial charge is 0.232 e. The number of hydrogen-bond donors (Lipinski definition) is 2. The summed E-state index contributed by atoms with van der Waals surface area (Å²) in [6.45, 7) is 2.64. The average molecular weight is 482 g/mol. The molecule has 5 aromatic rings. The van der Waals surface area contributed by atoms with E-state index in [1.165, 1.54) is 11.8 Å². The molecule has 0 saturated heterocycles. The Labute approximate surface area is 206 Å². The third kappa shape index (κ3) is 5.44. The Morgan fingerprint density at radius 2 is 1.74 bits per heavy atom. The van der Waals surface area contributed by atoms with Crippen LogP contribution in [0.1, 0.15) is 17.0 Å². The molecule has 0 radical (unpaired) electrons. The second kappa shape index (κ2) is 10.3. The highest BCUT2D eigenvalue weighted by atomic mass is 32.2. The lowest BCUT2D eigenvalue weighted by Gasteiger charge is -2.11. The van der Waals surface area contributed by atoms with E-state index >= 15 is 0 Å². The fraction of sp³-hybridized carbons (Fsp3) is 0.120. The van der Waals surface area contributed by atoms with Gasteiger partial charge < -0.3 is 11.1 Å². The van der Waals surface area contributed by atoms with Crippen molar-refractivity contribution in [3.63, 3.8) is 0 Å². The zero-order valence-corrected chi connectivity index (χ0v) is 19.9. The molecule has 0 aliphatic carbocycles. The summed E-state index contributed by atoms with van der Waals surface area (Å²) in [7, 11) is 0. The molecule has 35 heavy (non-hydrogen) atoms. The first-order valence-electron chi connectivity index (χ1n) is 11.0. The van der Waals surface area contributed by atoms with Crippen molar-refractivity contribution in [1.29, 1.82) is 0 Å². The van der Waals surface area contributed by atoms with Crippen molar-refractivity contribution in [3.8, 4) is 11.4 Å². The number of anilines is 3. The molecule has 3 N–H and O–H groups in total. The number of rotatable bonds is 8. The summed E-state index contributed by atoms with van der Waals surface area (Å²) in [5.41, 5.74) is 10.0. The normalized spacial score (nSPS) is 10.9. The molecule has 3 aromatic heterocycles. The summed E-state index contributed by atoms with van der Waals surface area (Å²) in [6.07, 6.45) is 3.53. The van der Waals surface area contributed by atoms with E-state index in [0.717, 1.165) is 33.4 Å². The SMILES string of the molecule is Cc1ccccc1Nc1nc(N)nc(CSc2nnc(-c3cccnc3)n2Cc2ccccc2)n1. The van der Waals surface area contributed by atoms with Gasteiger partial charge in [0, 0.05) is 23.6 Å². The number of nitrogens with zero attached hydrogens (tertiary/aromatic N) is 7. The number of hydrogen-bond acceptors (Lipinski definition) is 9. The van der Waals surface area contributed by atoms with Gasteiger partial charge in [0.15, 0.2) is 11.0 Å². The molecule has 0 spiro atoms. The van der Waals surface area contributed by atoms with Gasteiger partial charge in [0.25, 0.3) is 0 Å². The molecule has 0 bridgehead atoms. The van der Waals surface area contributed by atoms with Crippen LogP contribution in [0.4, 0.5) is 17.6 Å². The Kier molecular flexibility index (Phi) is 6.62. The summed E-state index contributed by atoms with van der Waals surface area (Å²) in [6, 6.07) is 22.0. The van der Waals surface area contributed by atoms with Gasteiger partial charge in [-0.15, -0.1) is 10.2 Å². The molecule has 5 rings (SSSR count).